The fraction of sp³-hybridized carbons (Fsp3) is 0.333. The van der Waals surface area contributed by atoms with Gasteiger partial charge in [-0.25, -0.2) is 0 Å². The van der Waals surface area contributed by atoms with Crippen molar-refractivity contribution in [3.05, 3.63) is 62.3 Å². The van der Waals surface area contributed by atoms with Crippen LogP contribution in [0.1, 0.15) is 28.5 Å². The first-order valence-corrected chi connectivity index (χ1v) is 10.3. The zero-order chi connectivity index (χ0) is 20.4. The van der Waals surface area contributed by atoms with E-state index in [1.54, 1.807) is 29.2 Å². The molecule has 2 aromatic rings. The van der Waals surface area contributed by atoms with Crippen LogP contribution in [0.5, 0.6) is 0 Å². The molecule has 1 atom stereocenters. The lowest BCUT2D eigenvalue weighted by Crippen LogP contribution is -2.32. The molecule has 1 N–H and O–H groups in total. The van der Waals surface area contributed by atoms with Crippen molar-refractivity contribution in [2.45, 2.75) is 19.4 Å². The predicted octanol–water partition coefficient (Wildman–Crippen LogP) is 4.08. The predicted molar refractivity (Wildman–Crippen MR) is 113 cm³/mol. The Morgan fingerprint density at radius 2 is 2.04 bits per heavy atom. The van der Waals surface area contributed by atoms with Gasteiger partial charge in [-0.3, -0.25) is 9.59 Å². The Bertz CT molecular complexity index is 935. The molecule has 1 aliphatic heterocycles. The molecule has 1 aliphatic rings. The SMILES string of the molecule is Cc1ccsc1C1/C(=C(/O)c2cccc(Cl)c2)C(=O)C(=O)N1CCCN(C)C. The summed E-state index contributed by atoms with van der Waals surface area (Å²) in [6.07, 6.45) is 0.734. The molecule has 5 nitrogen and oxygen atoms in total. The number of Topliss-reactive ketones (excluding diaryl/α,β-unsaturated/α-hetero) is 1. The van der Waals surface area contributed by atoms with Gasteiger partial charge in [0.1, 0.15) is 5.76 Å². The zero-order valence-electron chi connectivity index (χ0n) is 16.1. The number of carbonyl (C=O) groups excluding carboxylic acids is 2. The summed E-state index contributed by atoms with van der Waals surface area (Å²) in [7, 11) is 3.93. The number of amides is 1. The molecule has 0 bridgehead atoms. The molecular formula is C21H23ClN2O3S. The van der Waals surface area contributed by atoms with Gasteiger partial charge in [-0.2, -0.15) is 0 Å². The number of rotatable bonds is 6. The molecule has 7 heteroatoms. The highest BCUT2D eigenvalue weighted by molar-refractivity contribution is 7.10. The number of benzene rings is 1. The van der Waals surface area contributed by atoms with E-state index < -0.39 is 17.7 Å². The molecule has 148 valence electrons. The van der Waals surface area contributed by atoms with Crippen LogP contribution in [0.4, 0.5) is 0 Å². The van der Waals surface area contributed by atoms with Gasteiger partial charge in [0, 0.05) is 22.0 Å². The molecule has 1 aromatic carbocycles. The van der Waals surface area contributed by atoms with E-state index in [1.165, 1.54) is 11.3 Å². The molecule has 0 spiro atoms. The van der Waals surface area contributed by atoms with Crippen molar-refractivity contribution in [2.75, 3.05) is 27.2 Å². The number of likely N-dealkylation sites (tertiary alicyclic amines) is 1. The average Bonchev–Trinajstić information content (AvgIpc) is 3.16. The van der Waals surface area contributed by atoms with Crippen LogP contribution >= 0.6 is 22.9 Å². The number of hydrogen-bond donors (Lipinski definition) is 1. The number of hydrogen-bond acceptors (Lipinski definition) is 5. The van der Waals surface area contributed by atoms with E-state index >= 15 is 0 Å². The van der Waals surface area contributed by atoms with E-state index in [0.717, 1.165) is 23.4 Å². The second-order valence-electron chi connectivity index (χ2n) is 7.13. The first-order chi connectivity index (χ1) is 13.3. The number of nitrogens with zero attached hydrogens (tertiary/aromatic N) is 2. The molecule has 2 heterocycles. The van der Waals surface area contributed by atoms with Gasteiger partial charge >= 0.3 is 0 Å². The molecule has 1 aromatic heterocycles. The molecule has 1 amide bonds. The van der Waals surface area contributed by atoms with Crippen molar-refractivity contribution in [1.82, 2.24) is 9.80 Å². The van der Waals surface area contributed by atoms with Gasteiger partial charge < -0.3 is 14.9 Å². The molecule has 1 unspecified atom stereocenters. The van der Waals surface area contributed by atoms with Crippen LogP contribution in [0.2, 0.25) is 5.02 Å². The van der Waals surface area contributed by atoms with Gasteiger partial charge in [-0.05, 0) is 63.1 Å². The molecular weight excluding hydrogens is 396 g/mol. The third-order valence-corrected chi connectivity index (χ3v) is 6.10. The topological polar surface area (TPSA) is 60.9 Å². The smallest absolute Gasteiger partial charge is 0.295 e. The van der Waals surface area contributed by atoms with E-state index in [2.05, 4.69) is 0 Å². The van der Waals surface area contributed by atoms with Crippen molar-refractivity contribution >= 4 is 40.4 Å². The van der Waals surface area contributed by atoms with Gasteiger partial charge in [0.15, 0.2) is 0 Å². The maximum absolute atomic E-state index is 12.9. The molecule has 0 radical (unpaired) electrons. The van der Waals surface area contributed by atoms with Gasteiger partial charge in [0.2, 0.25) is 0 Å². The molecule has 0 saturated carbocycles. The van der Waals surface area contributed by atoms with Crippen LogP contribution in [-0.2, 0) is 9.59 Å². The number of aryl methyl sites for hydroxylation is 1. The van der Waals surface area contributed by atoms with E-state index in [0.29, 0.717) is 17.1 Å². The number of carbonyl (C=O) groups is 2. The number of ketones is 1. The fourth-order valence-corrected chi connectivity index (χ4v) is 4.63. The van der Waals surface area contributed by atoms with E-state index in [9.17, 15) is 14.7 Å². The van der Waals surface area contributed by atoms with Gasteiger partial charge in [-0.1, -0.05) is 23.7 Å². The number of aliphatic hydroxyl groups excluding tert-OH is 1. The second kappa shape index (κ2) is 8.47. The monoisotopic (exact) mass is 418 g/mol. The fourth-order valence-electron chi connectivity index (χ4n) is 3.40. The number of aliphatic hydroxyl groups is 1. The third kappa shape index (κ3) is 3.99. The van der Waals surface area contributed by atoms with Crippen LogP contribution < -0.4 is 0 Å². The summed E-state index contributed by atoms with van der Waals surface area (Å²) in [5.74, 6) is -1.41. The maximum atomic E-state index is 12.9. The average molecular weight is 419 g/mol. The zero-order valence-corrected chi connectivity index (χ0v) is 17.7. The minimum Gasteiger partial charge on any atom is -0.507 e. The summed E-state index contributed by atoms with van der Waals surface area (Å²) in [6, 6.07) is 8.04. The number of halogens is 1. The van der Waals surface area contributed by atoms with Gasteiger partial charge in [0.25, 0.3) is 11.7 Å². The molecule has 0 aliphatic carbocycles. The summed E-state index contributed by atoms with van der Waals surface area (Å²) in [5, 5.41) is 13.3. The summed E-state index contributed by atoms with van der Waals surface area (Å²) in [5.41, 5.74) is 1.55. The Balaban J connectivity index is 2.09. The Kier molecular flexibility index (Phi) is 6.23. The summed E-state index contributed by atoms with van der Waals surface area (Å²) in [4.78, 5) is 30.2. The van der Waals surface area contributed by atoms with Crippen molar-refractivity contribution in [2.24, 2.45) is 0 Å². The molecule has 1 fully saturated rings. The Morgan fingerprint density at radius 3 is 2.64 bits per heavy atom. The Labute approximate surface area is 173 Å². The van der Waals surface area contributed by atoms with Crippen LogP contribution in [0, 0.1) is 6.92 Å². The first-order valence-electron chi connectivity index (χ1n) is 9.04. The van der Waals surface area contributed by atoms with Crippen molar-refractivity contribution < 1.29 is 14.7 Å². The molecule has 28 heavy (non-hydrogen) atoms. The van der Waals surface area contributed by atoms with Gasteiger partial charge in [-0.15, -0.1) is 11.3 Å². The van der Waals surface area contributed by atoms with Crippen LogP contribution in [-0.4, -0.2) is 53.8 Å². The van der Waals surface area contributed by atoms with E-state index in [4.69, 9.17) is 11.6 Å². The minimum absolute atomic E-state index is 0.127. The van der Waals surface area contributed by atoms with E-state index in [-0.39, 0.29) is 11.3 Å². The molecule has 3 rings (SSSR count). The Morgan fingerprint density at radius 1 is 1.29 bits per heavy atom. The lowest BCUT2D eigenvalue weighted by molar-refractivity contribution is -0.139. The lowest BCUT2D eigenvalue weighted by Gasteiger charge is -2.25. The maximum Gasteiger partial charge on any atom is 0.295 e. The third-order valence-electron chi connectivity index (χ3n) is 4.79. The highest BCUT2D eigenvalue weighted by Crippen LogP contribution is 2.42. The highest BCUT2D eigenvalue weighted by atomic mass is 35.5. The lowest BCUT2D eigenvalue weighted by atomic mass is 9.98. The second-order valence-corrected chi connectivity index (χ2v) is 8.51. The number of thiophene rings is 1. The summed E-state index contributed by atoms with van der Waals surface area (Å²) < 4.78 is 0. The van der Waals surface area contributed by atoms with Gasteiger partial charge in [0.05, 0.1) is 11.6 Å². The quantitative estimate of drug-likeness (QED) is 0.436. The first kappa shape index (κ1) is 20.6. The highest BCUT2D eigenvalue weighted by Gasteiger charge is 2.46. The van der Waals surface area contributed by atoms with Crippen LogP contribution in [0.15, 0.2) is 41.3 Å². The normalized spacial score (nSPS) is 19.0. The summed E-state index contributed by atoms with van der Waals surface area (Å²) in [6.45, 7) is 3.19. The Hall–Kier alpha value is -2.15. The largest absolute Gasteiger partial charge is 0.507 e. The van der Waals surface area contributed by atoms with E-state index in [1.807, 2.05) is 37.4 Å². The minimum atomic E-state index is -0.653. The van der Waals surface area contributed by atoms with Crippen LogP contribution in [0.25, 0.3) is 5.76 Å². The molecule has 1 saturated heterocycles. The standard InChI is InChI=1S/C21H23ClN2O3S/c1-13-8-11-28-20(13)17-16(18(25)14-6-4-7-15(22)12-14)19(26)21(27)24(17)10-5-9-23(2)3/h4,6-8,11-12,17,25H,5,9-10H2,1-3H3/b18-16-. The van der Waals surface area contributed by atoms with Crippen LogP contribution in [0.3, 0.4) is 0 Å². The van der Waals surface area contributed by atoms with Crippen molar-refractivity contribution in [1.29, 1.82) is 0 Å². The summed E-state index contributed by atoms with van der Waals surface area (Å²) >= 11 is 7.54. The van der Waals surface area contributed by atoms with Crippen molar-refractivity contribution in [3.63, 3.8) is 0 Å². The van der Waals surface area contributed by atoms with Crippen molar-refractivity contribution in [3.8, 4) is 0 Å².